The number of fused-ring (bicyclic) bond motifs is 2. The van der Waals surface area contributed by atoms with Gasteiger partial charge in [-0.25, -0.2) is 19.2 Å². The summed E-state index contributed by atoms with van der Waals surface area (Å²) < 4.78 is 20.3. The van der Waals surface area contributed by atoms with Gasteiger partial charge in [0, 0.05) is 17.8 Å². The van der Waals surface area contributed by atoms with Gasteiger partial charge in [-0.05, 0) is 48.5 Å². The number of nitrogens with zero attached hydrogens (tertiary/aromatic N) is 3. The predicted molar refractivity (Wildman–Crippen MR) is 94.7 cm³/mol. The molecular formula is C19H11FN4O2. The van der Waals surface area contributed by atoms with E-state index < -0.39 is 5.76 Å². The van der Waals surface area contributed by atoms with Crippen molar-refractivity contribution in [3.63, 3.8) is 0 Å². The molecule has 0 atom stereocenters. The molecule has 2 aromatic carbocycles. The molecule has 0 fully saturated rings. The molecule has 3 aromatic heterocycles. The number of rotatable bonds is 2. The molecule has 0 aliphatic carbocycles. The minimum Gasteiger partial charge on any atom is -0.408 e. The number of hydrogen-bond acceptors (Lipinski definition) is 4. The highest BCUT2D eigenvalue weighted by molar-refractivity contribution is 5.82. The fraction of sp³-hybridized carbons (Fsp3) is 0. The van der Waals surface area contributed by atoms with E-state index in [0.717, 1.165) is 11.3 Å². The monoisotopic (exact) mass is 346 g/mol. The molecule has 0 amide bonds. The number of aromatic nitrogens is 4. The second-order valence-corrected chi connectivity index (χ2v) is 5.82. The third-order valence-electron chi connectivity index (χ3n) is 4.18. The SMILES string of the molecule is O=c1[nH]c2ccc(-n3c(-c4ccc(F)cc4)nc4cccnc43)cc2o1. The van der Waals surface area contributed by atoms with E-state index in [9.17, 15) is 9.18 Å². The number of benzene rings is 2. The van der Waals surface area contributed by atoms with Crippen LogP contribution in [0.15, 0.2) is 70.0 Å². The van der Waals surface area contributed by atoms with Crippen LogP contribution in [0.25, 0.3) is 39.3 Å². The van der Waals surface area contributed by atoms with Gasteiger partial charge in [0.25, 0.3) is 0 Å². The summed E-state index contributed by atoms with van der Waals surface area (Å²) >= 11 is 0. The van der Waals surface area contributed by atoms with Crippen LogP contribution in [-0.2, 0) is 0 Å². The zero-order valence-corrected chi connectivity index (χ0v) is 13.3. The molecular weight excluding hydrogens is 335 g/mol. The average Bonchev–Trinajstić information content (AvgIpc) is 3.21. The molecule has 0 unspecified atom stereocenters. The molecule has 0 spiro atoms. The van der Waals surface area contributed by atoms with E-state index >= 15 is 0 Å². The lowest BCUT2D eigenvalue weighted by Gasteiger charge is -2.08. The smallest absolute Gasteiger partial charge is 0.408 e. The fourth-order valence-corrected chi connectivity index (χ4v) is 3.02. The van der Waals surface area contributed by atoms with Gasteiger partial charge in [-0.3, -0.25) is 9.55 Å². The number of nitrogens with one attached hydrogen (secondary N) is 1. The third kappa shape index (κ3) is 2.21. The van der Waals surface area contributed by atoms with Crippen molar-refractivity contribution in [2.75, 3.05) is 0 Å². The Hall–Kier alpha value is -3.74. The molecule has 5 aromatic rings. The zero-order chi connectivity index (χ0) is 17.7. The molecule has 0 aliphatic heterocycles. The lowest BCUT2D eigenvalue weighted by atomic mass is 10.2. The maximum atomic E-state index is 13.3. The second kappa shape index (κ2) is 5.38. The van der Waals surface area contributed by atoms with Gasteiger partial charge in [0.2, 0.25) is 0 Å². The van der Waals surface area contributed by atoms with Crippen molar-refractivity contribution in [3.8, 4) is 17.1 Å². The van der Waals surface area contributed by atoms with Crippen molar-refractivity contribution in [1.29, 1.82) is 0 Å². The molecule has 6 nitrogen and oxygen atoms in total. The summed E-state index contributed by atoms with van der Waals surface area (Å²) in [6.45, 7) is 0. The van der Waals surface area contributed by atoms with Crippen molar-refractivity contribution < 1.29 is 8.81 Å². The summed E-state index contributed by atoms with van der Waals surface area (Å²) in [5.41, 5.74) is 3.90. The lowest BCUT2D eigenvalue weighted by molar-refractivity contribution is 0.555. The van der Waals surface area contributed by atoms with Crippen LogP contribution in [0.5, 0.6) is 0 Å². The van der Waals surface area contributed by atoms with E-state index in [0.29, 0.717) is 28.1 Å². The largest absolute Gasteiger partial charge is 0.417 e. The van der Waals surface area contributed by atoms with E-state index in [1.807, 2.05) is 22.8 Å². The number of H-pyrrole nitrogens is 1. The number of imidazole rings is 1. The first-order chi connectivity index (χ1) is 12.7. The van der Waals surface area contributed by atoms with Crippen molar-refractivity contribution in [2.45, 2.75) is 0 Å². The van der Waals surface area contributed by atoms with Crippen LogP contribution in [0.3, 0.4) is 0 Å². The van der Waals surface area contributed by atoms with Gasteiger partial charge in [0.1, 0.15) is 17.2 Å². The minimum atomic E-state index is -0.510. The van der Waals surface area contributed by atoms with Gasteiger partial charge < -0.3 is 4.42 Å². The Labute approximate surface area is 145 Å². The van der Waals surface area contributed by atoms with Gasteiger partial charge >= 0.3 is 5.76 Å². The molecule has 3 heterocycles. The maximum Gasteiger partial charge on any atom is 0.417 e. The fourth-order valence-electron chi connectivity index (χ4n) is 3.02. The van der Waals surface area contributed by atoms with Crippen LogP contribution in [0, 0.1) is 5.82 Å². The summed E-state index contributed by atoms with van der Waals surface area (Å²) in [5.74, 6) is -0.203. The minimum absolute atomic E-state index is 0.315. The Morgan fingerprint density at radius 1 is 1.08 bits per heavy atom. The summed E-state index contributed by atoms with van der Waals surface area (Å²) in [5, 5.41) is 0. The Morgan fingerprint density at radius 3 is 2.77 bits per heavy atom. The van der Waals surface area contributed by atoms with Crippen LogP contribution >= 0.6 is 0 Å². The van der Waals surface area contributed by atoms with Crippen molar-refractivity contribution in [2.24, 2.45) is 0 Å². The first-order valence-corrected chi connectivity index (χ1v) is 7.92. The number of halogens is 1. The van der Waals surface area contributed by atoms with Crippen LogP contribution in [0.4, 0.5) is 4.39 Å². The molecule has 26 heavy (non-hydrogen) atoms. The van der Waals surface area contributed by atoms with Crippen molar-refractivity contribution in [3.05, 3.63) is 77.2 Å². The van der Waals surface area contributed by atoms with Crippen molar-refractivity contribution >= 4 is 22.3 Å². The van der Waals surface area contributed by atoms with Crippen LogP contribution in [0.2, 0.25) is 0 Å². The summed E-state index contributed by atoms with van der Waals surface area (Å²) in [6, 6.07) is 15.1. The number of pyridine rings is 1. The van der Waals surface area contributed by atoms with Gasteiger partial charge in [0.15, 0.2) is 11.2 Å². The number of oxazole rings is 1. The molecule has 0 radical (unpaired) electrons. The topological polar surface area (TPSA) is 76.7 Å². The Morgan fingerprint density at radius 2 is 1.92 bits per heavy atom. The molecule has 7 heteroatoms. The first-order valence-electron chi connectivity index (χ1n) is 7.92. The summed E-state index contributed by atoms with van der Waals surface area (Å²) in [6.07, 6.45) is 1.68. The molecule has 126 valence electrons. The highest BCUT2D eigenvalue weighted by Crippen LogP contribution is 2.28. The third-order valence-corrected chi connectivity index (χ3v) is 4.18. The summed E-state index contributed by atoms with van der Waals surface area (Å²) in [4.78, 5) is 23.1. The number of hydrogen-bond donors (Lipinski definition) is 1. The second-order valence-electron chi connectivity index (χ2n) is 5.82. The van der Waals surface area contributed by atoms with Crippen LogP contribution in [0.1, 0.15) is 0 Å². The Balaban J connectivity index is 1.83. The van der Waals surface area contributed by atoms with E-state index in [1.165, 1.54) is 12.1 Å². The maximum absolute atomic E-state index is 13.3. The predicted octanol–water partition coefficient (Wildman–Crippen LogP) is 3.66. The van der Waals surface area contributed by atoms with Crippen LogP contribution in [-0.4, -0.2) is 19.5 Å². The van der Waals surface area contributed by atoms with Gasteiger partial charge in [-0.1, -0.05) is 0 Å². The molecule has 1 N–H and O–H groups in total. The van der Waals surface area contributed by atoms with Gasteiger partial charge in [0.05, 0.1) is 11.2 Å². The Kier molecular flexibility index (Phi) is 3.02. The van der Waals surface area contributed by atoms with Crippen LogP contribution < -0.4 is 5.76 Å². The zero-order valence-electron chi connectivity index (χ0n) is 13.3. The van der Waals surface area contributed by atoms with E-state index in [-0.39, 0.29) is 5.82 Å². The molecule has 0 saturated carbocycles. The van der Waals surface area contributed by atoms with Crippen molar-refractivity contribution in [1.82, 2.24) is 19.5 Å². The highest BCUT2D eigenvalue weighted by atomic mass is 19.1. The molecule has 0 aliphatic rings. The quantitative estimate of drug-likeness (QED) is 0.529. The normalized spacial score (nSPS) is 11.4. The van der Waals surface area contributed by atoms with Gasteiger partial charge in [-0.2, -0.15) is 0 Å². The van der Waals surface area contributed by atoms with E-state index in [4.69, 9.17) is 4.42 Å². The highest BCUT2D eigenvalue weighted by Gasteiger charge is 2.16. The molecule has 0 saturated heterocycles. The molecule has 5 rings (SSSR count). The Bertz CT molecular complexity index is 1320. The number of aromatic amines is 1. The van der Waals surface area contributed by atoms with E-state index in [2.05, 4.69) is 15.0 Å². The standard InChI is InChI=1S/C19H11FN4O2/c20-12-5-3-11(4-6-12)17-22-15-2-1-9-21-18(15)24(17)13-7-8-14-16(10-13)26-19(25)23-14/h1-10H,(H,23,25). The average molecular weight is 346 g/mol. The van der Waals surface area contributed by atoms with E-state index in [1.54, 1.807) is 30.5 Å². The molecule has 0 bridgehead atoms. The van der Waals surface area contributed by atoms with Gasteiger partial charge in [-0.15, -0.1) is 0 Å². The lowest BCUT2D eigenvalue weighted by Crippen LogP contribution is -1.98. The summed E-state index contributed by atoms with van der Waals surface area (Å²) in [7, 11) is 0. The first kappa shape index (κ1) is 14.6.